The normalized spacial score (nSPS) is 14.8. The summed E-state index contributed by atoms with van der Waals surface area (Å²) in [5.74, 6) is 0. The first-order valence-corrected chi connectivity index (χ1v) is 14.6. The van der Waals surface area contributed by atoms with Gasteiger partial charge in [0.25, 0.3) is 0 Å². The average molecular weight is 393 g/mol. The maximum atomic E-state index is 6.72. The zero-order valence-corrected chi connectivity index (χ0v) is 19.6. The fourth-order valence-corrected chi connectivity index (χ4v) is 4.94. The first kappa shape index (κ1) is 22.6. The summed E-state index contributed by atoms with van der Waals surface area (Å²) in [7, 11) is 17.4. The lowest BCUT2D eigenvalue weighted by atomic mass is 9.65. The summed E-state index contributed by atoms with van der Waals surface area (Å²) in [6.45, 7) is 4.01. The third kappa shape index (κ3) is 4.82. The minimum atomic E-state index is -1.24. The maximum absolute atomic E-state index is 6.72. The second-order valence-corrected chi connectivity index (χ2v) is 17.8. The zero-order chi connectivity index (χ0) is 20.8. The molecule has 0 aliphatic carbocycles. The van der Waals surface area contributed by atoms with Crippen LogP contribution >= 0.6 is 20.1 Å². The van der Waals surface area contributed by atoms with Crippen LogP contribution in [0.4, 0.5) is 0 Å². The lowest BCUT2D eigenvalue weighted by Crippen LogP contribution is -2.34. The Kier molecular flexibility index (Phi) is 6.06. The summed E-state index contributed by atoms with van der Waals surface area (Å²) >= 11 is 0. The van der Waals surface area contributed by atoms with Crippen molar-refractivity contribution in [1.82, 2.24) is 4.98 Å². The summed E-state index contributed by atoms with van der Waals surface area (Å²) in [6.07, 6.45) is 15.2. The SMILES string of the molecule is [B]C(C)(C)c1ccc(-c2cc(C([B])([B])S(C)(C)C)c(S(C)(C)C)cn2)cc1. The van der Waals surface area contributed by atoms with E-state index in [0.29, 0.717) is 0 Å². The van der Waals surface area contributed by atoms with Crippen molar-refractivity contribution in [1.29, 1.82) is 0 Å². The van der Waals surface area contributed by atoms with Crippen molar-refractivity contribution in [2.45, 2.75) is 28.6 Å². The molecule has 0 atom stereocenters. The van der Waals surface area contributed by atoms with Crippen LogP contribution < -0.4 is 0 Å². The van der Waals surface area contributed by atoms with Crippen molar-refractivity contribution in [2.75, 3.05) is 37.5 Å². The molecule has 2 rings (SSSR count). The van der Waals surface area contributed by atoms with Crippen molar-refractivity contribution in [3.8, 4) is 11.3 Å². The fraction of sp³-hybridized carbons (Fsp3) is 0.476. The summed E-state index contributed by atoms with van der Waals surface area (Å²) in [4.78, 5) is 5.93. The molecule has 6 heteroatoms. The third-order valence-corrected chi connectivity index (χ3v) is 8.78. The molecular weight excluding hydrogens is 363 g/mol. The van der Waals surface area contributed by atoms with Crippen molar-refractivity contribution >= 4 is 43.6 Å². The van der Waals surface area contributed by atoms with Gasteiger partial charge in [0.05, 0.1) is 29.2 Å². The number of aromatic nitrogens is 1. The van der Waals surface area contributed by atoms with Crippen LogP contribution in [0.25, 0.3) is 11.3 Å². The summed E-state index contributed by atoms with van der Waals surface area (Å²) < 4.78 is -0.876. The molecule has 0 saturated heterocycles. The molecule has 0 fully saturated rings. The predicted octanol–water partition coefficient (Wildman–Crippen LogP) is 4.35. The maximum Gasteiger partial charge on any atom is 0.0805 e. The van der Waals surface area contributed by atoms with Gasteiger partial charge in [-0.15, -0.1) is 0 Å². The monoisotopic (exact) mass is 393 g/mol. The van der Waals surface area contributed by atoms with Crippen molar-refractivity contribution in [2.24, 2.45) is 0 Å². The van der Waals surface area contributed by atoms with E-state index in [-0.39, 0.29) is 5.31 Å². The Balaban J connectivity index is 2.63. The quantitative estimate of drug-likeness (QED) is 0.689. The van der Waals surface area contributed by atoms with E-state index >= 15 is 0 Å². The van der Waals surface area contributed by atoms with E-state index in [4.69, 9.17) is 28.5 Å². The Morgan fingerprint density at radius 1 is 0.852 bits per heavy atom. The lowest BCUT2D eigenvalue weighted by Gasteiger charge is -2.48. The molecule has 6 radical (unpaired) electrons. The molecule has 140 valence electrons. The van der Waals surface area contributed by atoms with Gasteiger partial charge in [-0.1, -0.05) is 43.7 Å². The van der Waals surface area contributed by atoms with Crippen molar-refractivity contribution < 1.29 is 0 Å². The first-order chi connectivity index (χ1) is 12.0. The first-order valence-electron chi connectivity index (χ1n) is 8.89. The van der Waals surface area contributed by atoms with E-state index in [1.165, 1.54) is 4.90 Å². The smallest absolute Gasteiger partial charge is 0.0805 e. The second kappa shape index (κ2) is 7.26. The van der Waals surface area contributed by atoms with E-state index in [1.807, 2.05) is 20.0 Å². The van der Waals surface area contributed by atoms with Crippen LogP contribution in [-0.2, 0) is 9.86 Å². The Morgan fingerprint density at radius 3 is 1.78 bits per heavy atom. The van der Waals surface area contributed by atoms with E-state index in [0.717, 1.165) is 22.4 Å². The summed E-state index contributed by atoms with van der Waals surface area (Å²) in [5.41, 5.74) is 4.04. The zero-order valence-electron chi connectivity index (χ0n) is 18.0. The van der Waals surface area contributed by atoms with Gasteiger partial charge in [0.15, 0.2) is 0 Å². The van der Waals surface area contributed by atoms with E-state index in [1.54, 1.807) is 0 Å². The van der Waals surface area contributed by atoms with Gasteiger partial charge in [-0.2, -0.15) is 0 Å². The second-order valence-electron chi connectivity index (χ2n) is 9.33. The minimum Gasteiger partial charge on any atom is -0.256 e. The third-order valence-electron chi connectivity index (χ3n) is 4.89. The van der Waals surface area contributed by atoms with E-state index < -0.39 is 24.6 Å². The molecule has 1 heterocycles. The number of rotatable bonds is 5. The van der Waals surface area contributed by atoms with Gasteiger partial charge in [0.2, 0.25) is 0 Å². The van der Waals surface area contributed by atoms with Gasteiger partial charge in [-0.05, 0) is 59.0 Å². The largest absolute Gasteiger partial charge is 0.256 e. The number of nitrogens with zero attached hydrogens (tertiary/aromatic N) is 1. The molecule has 0 aliphatic heterocycles. The van der Waals surface area contributed by atoms with Gasteiger partial charge in [-0.25, -0.2) is 10.0 Å². The molecule has 0 amide bonds. The van der Waals surface area contributed by atoms with Gasteiger partial charge in [0, 0.05) is 16.7 Å². The number of pyridine rings is 1. The van der Waals surface area contributed by atoms with Gasteiger partial charge >= 0.3 is 0 Å². The van der Waals surface area contributed by atoms with Crippen molar-refractivity contribution in [3.63, 3.8) is 0 Å². The van der Waals surface area contributed by atoms with Crippen LogP contribution in [0.15, 0.2) is 41.4 Å². The molecule has 0 N–H and O–H groups in total. The Labute approximate surface area is 173 Å². The molecule has 0 aliphatic rings. The summed E-state index contributed by atoms with van der Waals surface area (Å²) in [5, 5.41) is -0.365. The number of benzene rings is 1. The highest BCUT2D eigenvalue weighted by molar-refractivity contribution is 8.34. The highest BCUT2D eigenvalue weighted by Crippen LogP contribution is 2.58. The van der Waals surface area contributed by atoms with Gasteiger partial charge in [-0.3, -0.25) is 15.0 Å². The van der Waals surface area contributed by atoms with Crippen LogP contribution in [0.2, 0.25) is 0 Å². The summed E-state index contributed by atoms with van der Waals surface area (Å²) in [6, 6.07) is 10.4. The van der Waals surface area contributed by atoms with Crippen molar-refractivity contribution in [3.05, 3.63) is 47.7 Å². The molecule has 2 aromatic rings. The molecule has 1 nitrogen and oxygen atoms in total. The van der Waals surface area contributed by atoms with Gasteiger partial charge in [0.1, 0.15) is 0 Å². The number of hydrogen-bond acceptors (Lipinski definition) is 1. The molecule has 0 unspecified atom stereocenters. The highest BCUT2D eigenvalue weighted by Gasteiger charge is 2.33. The molecule has 0 spiro atoms. The van der Waals surface area contributed by atoms with Crippen LogP contribution in [0.1, 0.15) is 25.0 Å². The van der Waals surface area contributed by atoms with Crippen LogP contribution in [-0.4, -0.2) is 66.1 Å². The molecule has 0 bridgehead atoms. The average Bonchev–Trinajstić information content (AvgIpc) is 2.51. The molecular formula is C21H30B3NS2. The van der Waals surface area contributed by atoms with Gasteiger partial charge < -0.3 is 0 Å². The highest BCUT2D eigenvalue weighted by atomic mass is 32.3. The van der Waals surface area contributed by atoms with Crippen LogP contribution in [0.3, 0.4) is 0 Å². The molecule has 1 aromatic carbocycles. The van der Waals surface area contributed by atoms with E-state index in [2.05, 4.69) is 67.9 Å². The fourth-order valence-electron chi connectivity index (χ4n) is 2.79. The Bertz CT molecular complexity index is 811. The van der Waals surface area contributed by atoms with Crippen LogP contribution in [0.5, 0.6) is 0 Å². The lowest BCUT2D eigenvalue weighted by molar-refractivity contribution is 0.764. The Morgan fingerprint density at radius 2 is 1.37 bits per heavy atom. The van der Waals surface area contributed by atoms with E-state index in [9.17, 15) is 0 Å². The number of hydrogen-bond donors (Lipinski definition) is 0. The Hall–Kier alpha value is -0.735. The molecule has 0 saturated carbocycles. The molecule has 27 heavy (non-hydrogen) atoms. The standard InChI is InChI=1S/C21H30B3NS2/c1-20(2,22)16-11-9-15(10-12-16)18-13-17(21(23,24)27(6,7)8)19(14-25-18)26(3,4)5/h9-14H,1-8H3. The minimum absolute atomic E-state index is 0.365. The predicted molar refractivity (Wildman–Crippen MR) is 131 cm³/mol. The topological polar surface area (TPSA) is 12.9 Å². The van der Waals surface area contributed by atoms with Crippen LogP contribution in [0, 0.1) is 0 Å². The molecule has 1 aromatic heterocycles.